The molecule has 0 unspecified atom stereocenters. The van der Waals surface area contributed by atoms with Crippen LogP contribution in [0.4, 0.5) is 11.4 Å². The lowest BCUT2D eigenvalue weighted by molar-refractivity contribution is -0.385. The molecule has 0 bridgehead atoms. The van der Waals surface area contributed by atoms with Crippen LogP contribution in [0.2, 0.25) is 0 Å². The van der Waals surface area contributed by atoms with Crippen LogP contribution in [0.25, 0.3) is 0 Å². The molecule has 0 aliphatic carbocycles. The van der Waals surface area contributed by atoms with Crippen LogP contribution < -0.4 is 0 Å². The average molecular weight is 392 g/mol. The van der Waals surface area contributed by atoms with Crippen LogP contribution in [0, 0.1) is 20.2 Å². The number of hydrogen-bond donors (Lipinski definition) is 0. The van der Waals surface area contributed by atoms with Crippen molar-refractivity contribution < 1.29 is 28.9 Å². The molecule has 0 atom stereocenters. The fraction of sp³-hybridized carbons (Fsp3) is 0.222. The van der Waals surface area contributed by atoms with E-state index < -0.39 is 21.8 Å². The second kappa shape index (κ2) is 11.0. The Balaban J connectivity index is 0.00000364. The Bertz CT molecular complexity index is 760. The molecule has 0 aliphatic heterocycles. The molecule has 0 fully saturated rings. The first kappa shape index (κ1) is 24.2. The maximum Gasteiger partial charge on any atom is 0.338 e. The highest BCUT2D eigenvalue weighted by Gasteiger charge is 2.12. The molecule has 0 saturated carbocycles. The largest absolute Gasteiger partial charge is 0.458 e. The maximum atomic E-state index is 11.7. The van der Waals surface area contributed by atoms with E-state index in [0.29, 0.717) is 0 Å². The van der Waals surface area contributed by atoms with Crippen LogP contribution in [0.15, 0.2) is 48.5 Å². The summed E-state index contributed by atoms with van der Waals surface area (Å²) in [4.78, 5) is 43.4. The van der Waals surface area contributed by atoms with E-state index in [9.17, 15) is 29.8 Å². The van der Waals surface area contributed by atoms with Gasteiger partial charge in [0.1, 0.15) is 13.2 Å². The minimum Gasteiger partial charge on any atom is -0.458 e. The highest BCUT2D eigenvalue weighted by atomic mass is 16.6. The monoisotopic (exact) mass is 392 g/mol. The van der Waals surface area contributed by atoms with Crippen LogP contribution in [-0.4, -0.2) is 35.0 Å². The Kier molecular flexibility index (Phi) is 9.51. The molecule has 10 nitrogen and oxygen atoms in total. The zero-order chi connectivity index (χ0) is 19.1. The number of carbonyl (C=O) groups is 2. The van der Waals surface area contributed by atoms with Gasteiger partial charge >= 0.3 is 11.9 Å². The van der Waals surface area contributed by atoms with E-state index in [0.717, 1.165) is 0 Å². The van der Waals surface area contributed by atoms with Gasteiger partial charge in [0.25, 0.3) is 11.4 Å². The fourth-order valence-electron chi connectivity index (χ4n) is 1.87. The number of carbonyl (C=O) groups excluding carboxylic acids is 2. The van der Waals surface area contributed by atoms with E-state index in [1.165, 1.54) is 48.5 Å². The van der Waals surface area contributed by atoms with Gasteiger partial charge in [-0.1, -0.05) is 14.9 Å². The summed E-state index contributed by atoms with van der Waals surface area (Å²) in [5, 5.41) is 21.1. The lowest BCUT2D eigenvalue weighted by Gasteiger charge is -2.06. The van der Waals surface area contributed by atoms with Crippen LogP contribution in [-0.2, 0) is 9.47 Å². The number of nitro benzene ring substituents is 2. The molecule has 10 heteroatoms. The number of nitro groups is 2. The number of ether oxygens (including phenoxy) is 2. The van der Waals surface area contributed by atoms with Gasteiger partial charge in [-0.3, -0.25) is 20.2 Å². The van der Waals surface area contributed by atoms with Crippen molar-refractivity contribution in [1.29, 1.82) is 0 Å². The Morgan fingerprint density at radius 1 is 0.679 bits per heavy atom. The van der Waals surface area contributed by atoms with Crippen molar-refractivity contribution in [2.75, 3.05) is 13.2 Å². The van der Waals surface area contributed by atoms with E-state index in [4.69, 9.17) is 9.47 Å². The minimum atomic E-state index is -0.716. The van der Waals surface area contributed by atoms with Crippen molar-refractivity contribution in [3.05, 3.63) is 79.9 Å². The molecule has 0 amide bonds. The van der Waals surface area contributed by atoms with Crippen LogP contribution >= 0.6 is 0 Å². The molecular formula is C18H20N2O8. The Morgan fingerprint density at radius 3 is 1.21 bits per heavy atom. The van der Waals surface area contributed by atoms with Gasteiger partial charge in [-0.2, -0.15) is 0 Å². The van der Waals surface area contributed by atoms with Crippen LogP contribution in [0.5, 0.6) is 0 Å². The number of nitrogens with zero attached hydrogens (tertiary/aromatic N) is 2. The van der Waals surface area contributed by atoms with Gasteiger partial charge in [-0.15, -0.1) is 0 Å². The van der Waals surface area contributed by atoms with Gasteiger partial charge in [0.2, 0.25) is 0 Å². The molecule has 0 saturated heterocycles. The summed E-state index contributed by atoms with van der Waals surface area (Å²) in [6.45, 7) is -0.427. The first-order valence-corrected chi connectivity index (χ1v) is 7.21. The fourth-order valence-corrected chi connectivity index (χ4v) is 1.87. The van der Waals surface area contributed by atoms with E-state index in [-0.39, 0.29) is 50.6 Å². The van der Waals surface area contributed by atoms with Crippen molar-refractivity contribution in [1.82, 2.24) is 0 Å². The Labute approximate surface area is 161 Å². The standard InChI is InChI=1S/C16H12N2O8.2CH4/c19-15(11-1-5-13(6-2-11)17(21)22)25-9-10-26-16(20)12-3-7-14(8-4-12)18(23)24;;/h1-8H,9-10H2;2*1H4. The highest BCUT2D eigenvalue weighted by Crippen LogP contribution is 2.13. The topological polar surface area (TPSA) is 139 Å². The quantitative estimate of drug-likeness (QED) is 0.300. The van der Waals surface area contributed by atoms with Crippen LogP contribution in [0.1, 0.15) is 35.6 Å². The van der Waals surface area contributed by atoms with E-state index in [1.807, 2.05) is 0 Å². The number of rotatable bonds is 7. The number of esters is 2. The smallest absolute Gasteiger partial charge is 0.338 e. The van der Waals surface area contributed by atoms with Gasteiger partial charge in [0, 0.05) is 24.3 Å². The van der Waals surface area contributed by atoms with E-state index >= 15 is 0 Å². The molecule has 2 rings (SSSR count). The predicted molar refractivity (Wildman–Crippen MR) is 100 cm³/mol. The zero-order valence-corrected chi connectivity index (χ0v) is 13.2. The molecule has 0 aliphatic rings. The summed E-state index contributed by atoms with van der Waals surface area (Å²) < 4.78 is 9.78. The van der Waals surface area contributed by atoms with E-state index in [2.05, 4.69) is 0 Å². The highest BCUT2D eigenvalue weighted by molar-refractivity contribution is 5.90. The summed E-state index contributed by atoms with van der Waals surface area (Å²) in [6, 6.07) is 9.70. The SMILES string of the molecule is C.C.O=C(OCCOC(=O)c1ccc([N+](=O)[O-])cc1)c1ccc([N+](=O)[O-])cc1. The van der Waals surface area contributed by atoms with Crippen molar-refractivity contribution in [3.63, 3.8) is 0 Å². The summed E-state index contributed by atoms with van der Waals surface area (Å²) in [7, 11) is 0. The first-order valence-electron chi connectivity index (χ1n) is 7.21. The Hall–Kier alpha value is -3.82. The average Bonchev–Trinajstić information content (AvgIpc) is 2.65. The second-order valence-corrected chi connectivity index (χ2v) is 4.88. The van der Waals surface area contributed by atoms with Crippen molar-refractivity contribution in [2.24, 2.45) is 0 Å². The molecule has 2 aromatic rings. The summed E-state index contributed by atoms with van der Waals surface area (Å²) >= 11 is 0. The lowest BCUT2D eigenvalue weighted by Crippen LogP contribution is -2.14. The number of benzene rings is 2. The maximum absolute atomic E-state index is 11.7. The molecule has 0 spiro atoms. The van der Waals surface area contributed by atoms with Crippen molar-refractivity contribution in [2.45, 2.75) is 14.9 Å². The van der Waals surface area contributed by atoms with Gasteiger partial charge in [-0.05, 0) is 24.3 Å². The predicted octanol–water partition coefficient (Wildman–Crippen LogP) is 3.79. The molecule has 28 heavy (non-hydrogen) atoms. The van der Waals surface area contributed by atoms with Crippen molar-refractivity contribution >= 4 is 23.3 Å². The van der Waals surface area contributed by atoms with Gasteiger partial charge < -0.3 is 9.47 Å². The molecular weight excluding hydrogens is 372 g/mol. The molecule has 0 N–H and O–H groups in total. The third-order valence-electron chi connectivity index (χ3n) is 3.18. The summed E-state index contributed by atoms with van der Waals surface area (Å²) in [5.74, 6) is -1.43. The van der Waals surface area contributed by atoms with E-state index in [1.54, 1.807) is 0 Å². The number of non-ortho nitro benzene ring substituents is 2. The Morgan fingerprint density at radius 2 is 0.964 bits per heavy atom. The summed E-state index contributed by atoms with van der Waals surface area (Å²) in [5.41, 5.74) is -0.0632. The second-order valence-electron chi connectivity index (χ2n) is 4.88. The minimum absolute atomic E-state index is 0. The van der Waals surface area contributed by atoms with Gasteiger partial charge in [-0.25, -0.2) is 9.59 Å². The molecule has 2 aromatic carbocycles. The van der Waals surface area contributed by atoms with Gasteiger partial charge in [0.05, 0.1) is 21.0 Å². The summed E-state index contributed by atoms with van der Waals surface area (Å²) in [6.07, 6.45) is 0. The van der Waals surface area contributed by atoms with Crippen LogP contribution in [0.3, 0.4) is 0 Å². The molecule has 150 valence electrons. The molecule has 0 heterocycles. The normalized spacial score (nSPS) is 9.29. The zero-order valence-electron chi connectivity index (χ0n) is 13.2. The number of hydrogen-bond acceptors (Lipinski definition) is 8. The van der Waals surface area contributed by atoms with Gasteiger partial charge in [0.15, 0.2) is 0 Å². The molecule has 0 radical (unpaired) electrons. The third-order valence-corrected chi connectivity index (χ3v) is 3.18. The van der Waals surface area contributed by atoms with Crippen molar-refractivity contribution in [3.8, 4) is 0 Å². The molecule has 0 aromatic heterocycles. The third kappa shape index (κ3) is 6.48. The lowest BCUT2D eigenvalue weighted by atomic mass is 10.2. The first-order chi connectivity index (χ1) is 12.4.